The zero-order chi connectivity index (χ0) is 21.6. The summed E-state index contributed by atoms with van der Waals surface area (Å²) in [5, 5.41) is 9.24. The third-order valence-corrected chi connectivity index (χ3v) is 6.86. The average Bonchev–Trinajstić information content (AvgIpc) is 3.15. The van der Waals surface area contributed by atoms with Gasteiger partial charge in [0.25, 0.3) is 0 Å². The molecular weight excluding hydrogens is 423 g/mol. The van der Waals surface area contributed by atoms with Crippen molar-refractivity contribution in [2.75, 3.05) is 5.75 Å². The van der Waals surface area contributed by atoms with Crippen LogP contribution in [0.5, 0.6) is 0 Å². The average molecular weight is 447 g/mol. The summed E-state index contributed by atoms with van der Waals surface area (Å²) in [6, 6.07) is 13.7. The lowest BCUT2D eigenvalue weighted by Crippen LogP contribution is -2.32. The first kappa shape index (κ1) is 22.2. The van der Waals surface area contributed by atoms with Gasteiger partial charge in [-0.25, -0.2) is 17.5 Å². The van der Waals surface area contributed by atoms with E-state index in [9.17, 15) is 12.8 Å². The lowest BCUT2D eigenvalue weighted by molar-refractivity contribution is 0.517. The highest BCUT2D eigenvalue weighted by Gasteiger charge is 2.27. The molecule has 0 fully saturated rings. The molecule has 0 saturated heterocycles. The Kier molecular flexibility index (Phi) is 7.41. The monoisotopic (exact) mass is 446 g/mol. The lowest BCUT2D eigenvalue weighted by atomic mass is 10.1. The molecule has 1 aromatic heterocycles. The van der Waals surface area contributed by atoms with Gasteiger partial charge in [-0.15, -0.1) is 16.8 Å². The second-order valence-electron chi connectivity index (χ2n) is 6.50. The van der Waals surface area contributed by atoms with Crippen molar-refractivity contribution in [3.63, 3.8) is 0 Å². The van der Waals surface area contributed by atoms with Crippen LogP contribution < -0.4 is 4.72 Å². The zero-order valence-corrected chi connectivity index (χ0v) is 18.2. The first-order valence-corrected chi connectivity index (χ1v) is 11.9. The second kappa shape index (κ2) is 10.0. The molecule has 3 aromatic rings. The van der Waals surface area contributed by atoms with Crippen LogP contribution in [0.3, 0.4) is 0 Å². The first-order chi connectivity index (χ1) is 14.4. The van der Waals surface area contributed by atoms with E-state index in [-0.39, 0.29) is 4.90 Å². The molecule has 1 N–H and O–H groups in total. The minimum absolute atomic E-state index is 0.00854. The molecule has 0 radical (unpaired) electrons. The molecule has 0 amide bonds. The topological polar surface area (TPSA) is 76.9 Å². The van der Waals surface area contributed by atoms with Crippen LogP contribution in [-0.2, 0) is 23.0 Å². The quantitative estimate of drug-likeness (QED) is 0.377. The molecule has 158 valence electrons. The van der Waals surface area contributed by atoms with Gasteiger partial charge in [-0.05, 0) is 43.2 Å². The van der Waals surface area contributed by atoms with E-state index in [1.54, 1.807) is 6.08 Å². The van der Waals surface area contributed by atoms with Crippen LogP contribution in [-0.4, -0.2) is 28.9 Å². The van der Waals surface area contributed by atoms with E-state index >= 15 is 0 Å². The van der Waals surface area contributed by atoms with E-state index in [0.29, 0.717) is 29.7 Å². The number of thioether (sulfide) groups is 1. The van der Waals surface area contributed by atoms with Gasteiger partial charge in [0.05, 0.1) is 10.9 Å². The standard InChI is InChI=1S/C21H23FN4O2S2/c1-3-14-29-21-24-23-20(26(21)4-2)19(15-16-8-6-5-7-9-16)25-30(27,28)18-12-10-17(22)11-13-18/h3,5-13,19,25H,1,4,14-15H2,2H3. The summed E-state index contributed by atoms with van der Waals surface area (Å²) in [5.74, 6) is 0.700. The summed E-state index contributed by atoms with van der Waals surface area (Å²) in [6.07, 6.45) is 2.17. The van der Waals surface area contributed by atoms with Crippen molar-refractivity contribution in [2.24, 2.45) is 0 Å². The van der Waals surface area contributed by atoms with Gasteiger partial charge in [0.1, 0.15) is 5.82 Å². The van der Waals surface area contributed by atoms with Crippen molar-refractivity contribution >= 4 is 21.8 Å². The maximum atomic E-state index is 13.2. The number of nitrogens with zero attached hydrogens (tertiary/aromatic N) is 3. The Bertz CT molecular complexity index is 1080. The number of aromatic nitrogens is 3. The predicted octanol–water partition coefficient (Wildman–Crippen LogP) is 3.98. The van der Waals surface area contributed by atoms with Gasteiger partial charge >= 0.3 is 0 Å². The molecule has 0 aliphatic rings. The minimum Gasteiger partial charge on any atom is -0.305 e. The van der Waals surface area contributed by atoms with E-state index in [1.165, 1.54) is 23.9 Å². The highest BCUT2D eigenvalue weighted by Crippen LogP contribution is 2.25. The van der Waals surface area contributed by atoms with Crippen molar-refractivity contribution in [1.82, 2.24) is 19.5 Å². The number of halogens is 1. The molecule has 3 rings (SSSR count). The fourth-order valence-corrected chi connectivity index (χ4v) is 4.94. The molecule has 0 aliphatic carbocycles. The Morgan fingerprint density at radius 3 is 2.50 bits per heavy atom. The minimum atomic E-state index is -3.90. The number of hydrogen-bond acceptors (Lipinski definition) is 5. The Morgan fingerprint density at radius 1 is 1.17 bits per heavy atom. The highest BCUT2D eigenvalue weighted by atomic mass is 32.2. The Labute approximate surface area is 180 Å². The molecule has 2 aromatic carbocycles. The summed E-state index contributed by atoms with van der Waals surface area (Å²) in [5.41, 5.74) is 0.954. The van der Waals surface area contributed by atoms with Gasteiger partial charge in [-0.3, -0.25) is 0 Å². The van der Waals surface area contributed by atoms with Crippen LogP contribution in [0, 0.1) is 5.82 Å². The smallest absolute Gasteiger partial charge is 0.241 e. The van der Waals surface area contributed by atoms with Crippen LogP contribution in [0.1, 0.15) is 24.4 Å². The first-order valence-electron chi connectivity index (χ1n) is 9.43. The predicted molar refractivity (Wildman–Crippen MR) is 116 cm³/mol. The SMILES string of the molecule is C=CCSc1nnc(C(Cc2ccccc2)NS(=O)(=O)c2ccc(F)cc2)n1CC. The van der Waals surface area contributed by atoms with Crippen LogP contribution in [0.15, 0.2) is 77.3 Å². The molecule has 6 nitrogen and oxygen atoms in total. The highest BCUT2D eigenvalue weighted by molar-refractivity contribution is 7.99. The molecule has 1 unspecified atom stereocenters. The van der Waals surface area contributed by atoms with Gasteiger partial charge in [0.2, 0.25) is 10.0 Å². The van der Waals surface area contributed by atoms with Crippen LogP contribution >= 0.6 is 11.8 Å². The molecule has 1 heterocycles. The fourth-order valence-electron chi connectivity index (χ4n) is 3.00. The zero-order valence-electron chi connectivity index (χ0n) is 16.5. The molecular formula is C21H23FN4O2S2. The van der Waals surface area contributed by atoms with Gasteiger partial charge in [-0.1, -0.05) is 48.2 Å². The number of benzene rings is 2. The lowest BCUT2D eigenvalue weighted by Gasteiger charge is -2.19. The van der Waals surface area contributed by atoms with Crippen molar-refractivity contribution < 1.29 is 12.8 Å². The maximum absolute atomic E-state index is 13.2. The van der Waals surface area contributed by atoms with Gasteiger partial charge in [-0.2, -0.15) is 0 Å². The fraction of sp³-hybridized carbons (Fsp3) is 0.238. The summed E-state index contributed by atoms with van der Waals surface area (Å²) in [4.78, 5) is -0.00854. The Hall–Kier alpha value is -2.49. The molecule has 0 spiro atoms. The maximum Gasteiger partial charge on any atom is 0.241 e. The van der Waals surface area contributed by atoms with Crippen LogP contribution in [0.2, 0.25) is 0 Å². The van der Waals surface area contributed by atoms with E-state index in [0.717, 1.165) is 17.7 Å². The van der Waals surface area contributed by atoms with Crippen LogP contribution in [0.4, 0.5) is 4.39 Å². The molecule has 0 aliphatic heterocycles. The largest absolute Gasteiger partial charge is 0.305 e. The molecule has 1 atom stereocenters. The van der Waals surface area contributed by atoms with E-state index < -0.39 is 21.9 Å². The number of hydrogen-bond donors (Lipinski definition) is 1. The number of rotatable bonds is 10. The summed E-state index contributed by atoms with van der Waals surface area (Å²) < 4.78 is 43.9. The van der Waals surface area contributed by atoms with E-state index in [2.05, 4.69) is 21.5 Å². The Balaban J connectivity index is 1.98. The molecule has 0 bridgehead atoms. The van der Waals surface area contributed by atoms with Crippen molar-refractivity contribution in [2.45, 2.75) is 36.0 Å². The second-order valence-corrected chi connectivity index (χ2v) is 9.20. The number of nitrogens with one attached hydrogen (secondary N) is 1. The van der Waals surface area contributed by atoms with Gasteiger partial charge in [0, 0.05) is 12.3 Å². The normalized spacial score (nSPS) is 12.6. The molecule has 30 heavy (non-hydrogen) atoms. The van der Waals surface area contributed by atoms with Crippen molar-refractivity contribution in [1.29, 1.82) is 0 Å². The molecule has 9 heteroatoms. The summed E-state index contributed by atoms with van der Waals surface area (Å²) in [6.45, 7) is 6.27. The number of sulfonamides is 1. The van der Waals surface area contributed by atoms with E-state index in [4.69, 9.17) is 0 Å². The van der Waals surface area contributed by atoms with Gasteiger partial charge < -0.3 is 4.57 Å². The summed E-state index contributed by atoms with van der Waals surface area (Å²) >= 11 is 1.48. The third-order valence-electron chi connectivity index (χ3n) is 4.41. The summed E-state index contributed by atoms with van der Waals surface area (Å²) in [7, 11) is -3.90. The van der Waals surface area contributed by atoms with E-state index in [1.807, 2.05) is 41.8 Å². The van der Waals surface area contributed by atoms with Crippen molar-refractivity contribution in [3.05, 3.63) is 84.5 Å². The van der Waals surface area contributed by atoms with Crippen LogP contribution in [0.25, 0.3) is 0 Å². The third kappa shape index (κ3) is 5.35. The van der Waals surface area contributed by atoms with Gasteiger partial charge in [0.15, 0.2) is 11.0 Å². The molecule has 0 saturated carbocycles. The Morgan fingerprint density at radius 2 is 1.87 bits per heavy atom. The van der Waals surface area contributed by atoms with Crippen molar-refractivity contribution in [3.8, 4) is 0 Å².